The van der Waals surface area contributed by atoms with E-state index < -0.39 is 0 Å². The van der Waals surface area contributed by atoms with Crippen molar-refractivity contribution in [2.75, 3.05) is 33.4 Å². The van der Waals surface area contributed by atoms with Crippen molar-refractivity contribution in [3.8, 4) is 0 Å². The first-order valence-electron chi connectivity index (χ1n) is 6.84. The summed E-state index contributed by atoms with van der Waals surface area (Å²) in [4.78, 5) is 13.7. The van der Waals surface area contributed by atoms with Gasteiger partial charge in [0.15, 0.2) is 0 Å². The highest BCUT2D eigenvalue weighted by Gasteiger charge is 2.20. The Morgan fingerprint density at radius 1 is 1.56 bits per heavy atom. The van der Waals surface area contributed by atoms with Crippen molar-refractivity contribution in [2.45, 2.75) is 44.8 Å². The first kappa shape index (κ1) is 15.4. The molecule has 1 aliphatic rings. The summed E-state index contributed by atoms with van der Waals surface area (Å²) in [6.07, 6.45) is 3.75. The predicted molar refractivity (Wildman–Crippen MR) is 70.3 cm³/mol. The number of carbonyl (C=O) groups excluding carboxylic acids is 1. The molecule has 2 N–H and O–H groups in total. The summed E-state index contributed by atoms with van der Waals surface area (Å²) < 4.78 is 11.0. The fourth-order valence-electron chi connectivity index (χ4n) is 2.16. The zero-order valence-electron chi connectivity index (χ0n) is 11.6. The number of ether oxygens (including phenoxy) is 2. The number of carbonyl (C=O) groups is 1. The Labute approximate surface area is 110 Å². The summed E-state index contributed by atoms with van der Waals surface area (Å²) in [6, 6.07) is 0. The van der Waals surface area contributed by atoms with Gasteiger partial charge in [0.05, 0.1) is 18.6 Å². The van der Waals surface area contributed by atoms with E-state index in [0.717, 1.165) is 19.4 Å². The van der Waals surface area contributed by atoms with Crippen LogP contribution in [0.1, 0.15) is 32.6 Å². The van der Waals surface area contributed by atoms with Gasteiger partial charge in [-0.2, -0.15) is 0 Å². The van der Waals surface area contributed by atoms with E-state index in [1.54, 1.807) is 4.90 Å². The van der Waals surface area contributed by atoms with E-state index in [1.807, 2.05) is 14.0 Å². The second-order valence-electron chi connectivity index (χ2n) is 4.78. The second-order valence-corrected chi connectivity index (χ2v) is 4.78. The lowest BCUT2D eigenvalue weighted by atomic mass is 10.1. The van der Waals surface area contributed by atoms with Crippen LogP contribution >= 0.6 is 0 Å². The maximum absolute atomic E-state index is 12.0. The lowest BCUT2D eigenvalue weighted by molar-refractivity contribution is -0.135. The van der Waals surface area contributed by atoms with Gasteiger partial charge in [-0.15, -0.1) is 0 Å². The molecule has 5 nitrogen and oxygen atoms in total. The summed E-state index contributed by atoms with van der Waals surface area (Å²) in [5.74, 6) is 0.0769. The maximum Gasteiger partial charge on any atom is 0.225 e. The molecule has 5 heteroatoms. The first-order chi connectivity index (χ1) is 8.67. The smallest absolute Gasteiger partial charge is 0.225 e. The molecule has 0 aliphatic carbocycles. The van der Waals surface area contributed by atoms with Crippen LogP contribution in [0.4, 0.5) is 0 Å². The van der Waals surface area contributed by atoms with E-state index in [-0.39, 0.29) is 18.1 Å². The molecule has 1 rings (SSSR count). The van der Waals surface area contributed by atoms with Crippen LogP contribution in [-0.4, -0.2) is 56.4 Å². The molecule has 1 fully saturated rings. The molecule has 0 saturated carbocycles. The van der Waals surface area contributed by atoms with E-state index in [0.29, 0.717) is 26.1 Å². The highest BCUT2D eigenvalue weighted by Crippen LogP contribution is 2.14. The number of nitrogens with zero attached hydrogens (tertiary/aromatic N) is 1. The number of rotatable bonds is 7. The molecule has 0 aromatic heterocycles. The third-order valence-corrected chi connectivity index (χ3v) is 3.24. The molecular formula is C13H26N2O3. The van der Waals surface area contributed by atoms with Crippen LogP contribution in [-0.2, 0) is 14.3 Å². The minimum atomic E-state index is -0.169. The van der Waals surface area contributed by atoms with E-state index in [2.05, 4.69) is 0 Å². The Hall–Kier alpha value is -0.650. The third kappa shape index (κ3) is 5.33. The van der Waals surface area contributed by atoms with Crippen LogP contribution in [0.3, 0.4) is 0 Å². The average molecular weight is 258 g/mol. The topological polar surface area (TPSA) is 64.8 Å². The molecule has 2 atom stereocenters. The maximum atomic E-state index is 12.0. The fraction of sp³-hybridized carbons (Fsp3) is 0.923. The van der Waals surface area contributed by atoms with Gasteiger partial charge in [-0.05, 0) is 26.2 Å². The molecule has 18 heavy (non-hydrogen) atoms. The monoisotopic (exact) mass is 258 g/mol. The molecule has 1 saturated heterocycles. The highest BCUT2D eigenvalue weighted by molar-refractivity contribution is 5.76. The molecule has 0 aromatic rings. The van der Waals surface area contributed by atoms with Crippen LogP contribution in [0.5, 0.6) is 0 Å². The van der Waals surface area contributed by atoms with Crippen molar-refractivity contribution in [1.29, 1.82) is 0 Å². The molecule has 1 amide bonds. The van der Waals surface area contributed by atoms with Gasteiger partial charge < -0.3 is 20.1 Å². The summed E-state index contributed by atoms with van der Waals surface area (Å²) in [5.41, 5.74) is 5.57. The molecule has 2 unspecified atom stereocenters. The van der Waals surface area contributed by atoms with Gasteiger partial charge in [0.1, 0.15) is 0 Å². The van der Waals surface area contributed by atoms with Gasteiger partial charge in [-0.1, -0.05) is 0 Å². The molecular weight excluding hydrogens is 232 g/mol. The van der Waals surface area contributed by atoms with Crippen molar-refractivity contribution in [3.63, 3.8) is 0 Å². The second kappa shape index (κ2) is 8.45. The van der Waals surface area contributed by atoms with Gasteiger partial charge in [0, 0.05) is 33.4 Å². The predicted octanol–water partition coefficient (Wildman–Crippen LogP) is 0.768. The van der Waals surface area contributed by atoms with Crippen molar-refractivity contribution >= 4 is 5.91 Å². The highest BCUT2D eigenvalue weighted by atomic mass is 16.5. The average Bonchev–Trinajstić information content (AvgIpc) is 2.39. The number of nitrogens with two attached hydrogens (primary N) is 1. The van der Waals surface area contributed by atoms with Gasteiger partial charge in [0.25, 0.3) is 0 Å². The fourth-order valence-corrected chi connectivity index (χ4v) is 2.16. The van der Waals surface area contributed by atoms with E-state index >= 15 is 0 Å². The zero-order valence-corrected chi connectivity index (χ0v) is 11.6. The van der Waals surface area contributed by atoms with Crippen LogP contribution in [0.2, 0.25) is 0 Å². The van der Waals surface area contributed by atoms with Crippen molar-refractivity contribution in [1.82, 2.24) is 4.90 Å². The normalized spacial score (nSPS) is 21.6. The minimum absolute atomic E-state index is 0.0769. The van der Waals surface area contributed by atoms with E-state index in [4.69, 9.17) is 15.2 Å². The Morgan fingerprint density at radius 3 is 2.89 bits per heavy atom. The number of likely N-dealkylation sites (N-methyl/N-ethyl adjacent to an activating group) is 1. The number of hydrogen-bond donors (Lipinski definition) is 1. The lowest BCUT2D eigenvalue weighted by Crippen LogP contribution is -2.39. The van der Waals surface area contributed by atoms with Gasteiger partial charge >= 0.3 is 0 Å². The number of hydrogen-bond acceptors (Lipinski definition) is 4. The SMILES string of the molecule is CCOC(CN)CC(=O)N(C)CC1CCCCO1. The van der Waals surface area contributed by atoms with Crippen LogP contribution in [0.15, 0.2) is 0 Å². The summed E-state index contributed by atoms with van der Waals surface area (Å²) in [7, 11) is 1.82. The third-order valence-electron chi connectivity index (χ3n) is 3.24. The standard InChI is InChI=1S/C13H26N2O3/c1-3-17-12(9-14)8-13(16)15(2)10-11-6-4-5-7-18-11/h11-12H,3-10,14H2,1-2H3. The zero-order chi connectivity index (χ0) is 13.4. The summed E-state index contributed by atoms with van der Waals surface area (Å²) in [5, 5.41) is 0. The van der Waals surface area contributed by atoms with Gasteiger partial charge in [-0.25, -0.2) is 0 Å². The quantitative estimate of drug-likeness (QED) is 0.732. The van der Waals surface area contributed by atoms with Gasteiger partial charge in [0.2, 0.25) is 5.91 Å². The van der Waals surface area contributed by atoms with Crippen molar-refractivity contribution in [3.05, 3.63) is 0 Å². The van der Waals surface area contributed by atoms with Crippen molar-refractivity contribution in [2.24, 2.45) is 5.73 Å². The Morgan fingerprint density at radius 2 is 2.33 bits per heavy atom. The Bertz CT molecular complexity index is 242. The van der Waals surface area contributed by atoms with E-state index in [1.165, 1.54) is 6.42 Å². The Balaban J connectivity index is 2.30. The van der Waals surface area contributed by atoms with Gasteiger partial charge in [-0.3, -0.25) is 4.79 Å². The largest absolute Gasteiger partial charge is 0.377 e. The molecule has 106 valence electrons. The van der Waals surface area contributed by atoms with Crippen LogP contribution in [0, 0.1) is 0 Å². The molecule has 1 aliphatic heterocycles. The van der Waals surface area contributed by atoms with E-state index in [9.17, 15) is 4.79 Å². The molecule has 0 bridgehead atoms. The number of amides is 1. The first-order valence-corrected chi connectivity index (χ1v) is 6.84. The molecule has 0 aromatic carbocycles. The molecule has 0 spiro atoms. The molecule has 0 radical (unpaired) electrons. The lowest BCUT2D eigenvalue weighted by Gasteiger charge is -2.28. The van der Waals surface area contributed by atoms with Crippen molar-refractivity contribution < 1.29 is 14.3 Å². The summed E-state index contributed by atoms with van der Waals surface area (Å²) in [6.45, 7) is 4.37. The summed E-state index contributed by atoms with van der Waals surface area (Å²) >= 11 is 0. The minimum Gasteiger partial charge on any atom is -0.377 e. The van der Waals surface area contributed by atoms with Crippen LogP contribution in [0.25, 0.3) is 0 Å². The van der Waals surface area contributed by atoms with Crippen LogP contribution < -0.4 is 5.73 Å². The molecule has 1 heterocycles. The Kier molecular flexibility index (Phi) is 7.23.